The number of benzene rings is 2. The van der Waals surface area contributed by atoms with Gasteiger partial charge in [0.1, 0.15) is 17.4 Å². The van der Waals surface area contributed by atoms with E-state index in [0.717, 1.165) is 17.7 Å². The van der Waals surface area contributed by atoms with Gasteiger partial charge in [-0.2, -0.15) is 0 Å². The van der Waals surface area contributed by atoms with Gasteiger partial charge < -0.3 is 14.7 Å². The highest BCUT2D eigenvalue weighted by Gasteiger charge is 2.35. The fourth-order valence-electron chi connectivity index (χ4n) is 3.18. The first-order valence-corrected chi connectivity index (χ1v) is 8.03. The van der Waals surface area contributed by atoms with Gasteiger partial charge in [0, 0.05) is 12.6 Å². The van der Waals surface area contributed by atoms with E-state index < -0.39 is 17.7 Å². The first kappa shape index (κ1) is 17.4. The van der Waals surface area contributed by atoms with Crippen LogP contribution in [0.5, 0.6) is 5.75 Å². The van der Waals surface area contributed by atoms with Crippen LogP contribution < -0.4 is 4.74 Å². The van der Waals surface area contributed by atoms with E-state index in [1.807, 2.05) is 18.2 Å². The van der Waals surface area contributed by atoms with Crippen LogP contribution >= 0.6 is 0 Å². The summed E-state index contributed by atoms with van der Waals surface area (Å²) in [5.41, 5.74) is 0.987. The fraction of sp³-hybridized carbons (Fsp3) is 0.316. The van der Waals surface area contributed by atoms with Crippen LogP contribution in [0.2, 0.25) is 0 Å². The molecule has 0 radical (unpaired) electrons. The smallest absolute Gasteiger partial charge is 0.227 e. The number of likely N-dealkylation sites (tertiary alicyclic amines) is 1. The zero-order valence-electron chi connectivity index (χ0n) is 13.8. The number of carbonyl (C=O) groups is 1. The third-order valence-corrected chi connectivity index (χ3v) is 4.43. The molecule has 2 aromatic rings. The lowest BCUT2D eigenvalue weighted by Crippen LogP contribution is -2.33. The lowest BCUT2D eigenvalue weighted by Gasteiger charge is -2.25. The molecule has 0 aromatic heterocycles. The first-order chi connectivity index (χ1) is 12.0. The van der Waals surface area contributed by atoms with Crippen LogP contribution in [-0.2, 0) is 11.2 Å². The normalized spacial score (nSPS) is 19.9. The summed E-state index contributed by atoms with van der Waals surface area (Å²) in [6.45, 7) is 0.184. The minimum atomic E-state index is -0.744. The Hall–Kier alpha value is -2.47. The molecule has 1 saturated heterocycles. The van der Waals surface area contributed by atoms with Gasteiger partial charge in [-0.3, -0.25) is 4.79 Å². The van der Waals surface area contributed by atoms with Crippen molar-refractivity contribution in [3.8, 4) is 5.75 Å². The Morgan fingerprint density at radius 3 is 2.80 bits per heavy atom. The summed E-state index contributed by atoms with van der Waals surface area (Å²) in [6.07, 6.45) is -0.414. The number of hydrogen-bond acceptors (Lipinski definition) is 3. The number of rotatable bonds is 4. The summed E-state index contributed by atoms with van der Waals surface area (Å²) in [5.74, 6) is -1.07. The quantitative estimate of drug-likeness (QED) is 0.925. The molecule has 1 heterocycles. The summed E-state index contributed by atoms with van der Waals surface area (Å²) in [5, 5.41) is 10.0. The van der Waals surface area contributed by atoms with Crippen molar-refractivity contribution in [3.63, 3.8) is 0 Å². The molecule has 0 spiro atoms. The standard InChI is InChI=1S/C19H19F2NO3/c1-25-16-4-2-3-13(7-16)18-10-15(23)11-22(18)19(24)8-12-5-6-14(20)9-17(12)21/h2-7,9,15,18,23H,8,10-11H2,1H3. The average Bonchev–Trinajstić information content (AvgIpc) is 2.99. The molecule has 132 valence electrons. The van der Waals surface area contributed by atoms with E-state index in [0.29, 0.717) is 12.2 Å². The van der Waals surface area contributed by atoms with Crippen molar-refractivity contribution in [3.05, 3.63) is 65.2 Å². The number of halogens is 2. The van der Waals surface area contributed by atoms with E-state index in [4.69, 9.17) is 4.74 Å². The second-order valence-corrected chi connectivity index (χ2v) is 6.14. The molecule has 0 aliphatic carbocycles. The zero-order chi connectivity index (χ0) is 18.0. The topological polar surface area (TPSA) is 49.8 Å². The number of β-amino-alcohol motifs (C(OH)–C–C–N with tert-alkyl or cyclic N) is 1. The molecule has 1 fully saturated rings. The molecule has 2 unspecified atom stereocenters. The predicted octanol–water partition coefficient (Wildman–Crippen LogP) is 2.85. The van der Waals surface area contributed by atoms with E-state index in [-0.39, 0.29) is 30.5 Å². The maximum absolute atomic E-state index is 13.8. The SMILES string of the molecule is COc1cccc(C2CC(O)CN2C(=O)Cc2ccc(F)cc2F)c1. The summed E-state index contributed by atoms with van der Waals surface area (Å²) in [4.78, 5) is 14.2. The number of nitrogens with zero attached hydrogens (tertiary/aromatic N) is 1. The van der Waals surface area contributed by atoms with Gasteiger partial charge in [0.15, 0.2) is 0 Å². The van der Waals surface area contributed by atoms with Gasteiger partial charge in [0.25, 0.3) is 0 Å². The minimum absolute atomic E-state index is 0.136. The van der Waals surface area contributed by atoms with Gasteiger partial charge in [0.2, 0.25) is 5.91 Å². The third kappa shape index (κ3) is 3.79. The summed E-state index contributed by atoms with van der Waals surface area (Å²) in [6, 6.07) is 10.2. The van der Waals surface area contributed by atoms with Crippen LogP contribution in [0.15, 0.2) is 42.5 Å². The molecule has 2 atom stereocenters. The van der Waals surface area contributed by atoms with E-state index in [2.05, 4.69) is 0 Å². The lowest BCUT2D eigenvalue weighted by molar-refractivity contribution is -0.131. The lowest BCUT2D eigenvalue weighted by atomic mass is 10.0. The number of hydrogen-bond donors (Lipinski definition) is 1. The Bertz CT molecular complexity index is 781. The molecule has 3 rings (SSSR count). The third-order valence-electron chi connectivity index (χ3n) is 4.43. The monoisotopic (exact) mass is 347 g/mol. The number of carbonyl (C=O) groups excluding carboxylic acids is 1. The zero-order valence-corrected chi connectivity index (χ0v) is 13.8. The molecule has 6 heteroatoms. The van der Waals surface area contributed by atoms with Crippen molar-refractivity contribution in [1.29, 1.82) is 0 Å². The summed E-state index contributed by atoms with van der Waals surface area (Å²) in [7, 11) is 1.56. The maximum Gasteiger partial charge on any atom is 0.227 e. The first-order valence-electron chi connectivity index (χ1n) is 8.03. The number of ether oxygens (including phenoxy) is 1. The molecule has 2 aromatic carbocycles. The molecule has 1 aliphatic rings. The molecule has 1 amide bonds. The van der Waals surface area contributed by atoms with Crippen LogP contribution in [0, 0.1) is 11.6 Å². The van der Waals surface area contributed by atoms with E-state index in [1.54, 1.807) is 18.1 Å². The molecule has 4 nitrogen and oxygen atoms in total. The number of methoxy groups -OCH3 is 1. The number of aliphatic hydroxyl groups is 1. The molecular formula is C19H19F2NO3. The second-order valence-electron chi connectivity index (χ2n) is 6.14. The van der Waals surface area contributed by atoms with Crippen molar-refractivity contribution in [1.82, 2.24) is 4.90 Å². The van der Waals surface area contributed by atoms with Crippen LogP contribution in [0.4, 0.5) is 8.78 Å². The highest BCUT2D eigenvalue weighted by atomic mass is 19.1. The number of aliphatic hydroxyl groups excluding tert-OH is 1. The Morgan fingerprint density at radius 1 is 1.28 bits per heavy atom. The van der Waals surface area contributed by atoms with Crippen LogP contribution in [-0.4, -0.2) is 35.7 Å². The molecule has 1 N–H and O–H groups in total. The van der Waals surface area contributed by atoms with Gasteiger partial charge in [-0.25, -0.2) is 8.78 Å². The number of amides is 1. The van der Waals surface area contributed by atoms with Gasteiger partial charge in [0.05, 0.1) is 25.7 Å². The van der Waals surface area contributed by atoms with Crippen LogP contribution in [0.25, 0.3) is 0 Å². The maximum atomic E-state index is 13.8. The summed E-state index contributed by atoms with van der Waals surface area (Å²) < 4.78 is 32.0. The van der Waals surface area contributed by atoms with Gasteiger partial charge >= 0.3 is 0 Å². The van der Waals surface area contributed by atoms with Crippen molar-refractivity contribution in [2.75, 3.05) is 13.7 Å². The van der Waals surface area contributed by atoms with Crippen molar-refractivity contribution < 1.29 is 23.4 Å². The molecule has 1 aliphatic heterocycles. The van der Waals surface area contributed by atoms with Gasteiger partial charge in [-0.05, 0) is 35.7 Å². The Kier molecular flexibility index (Phi) is 4.99. The fourth-order valence-corrected chi connectivity index (χ4v) is 3.18. The average molecular weight is 347 g/mol. The van der Waals surface area contributed by atoms with E-state index in [9.17, 15) is 18.7 Å². The van der Waals surface area contributed by atoms with Crippen LogP contribution in [0.1, 0.15) is 23.6 Å². The summed E-state index contributed by atoms with van der Waals surface area (Å²) >= 11 is 0. The minimum Gasteiger partial charge on any atom is -0.497 e. The highest BCUT2D eigenvalue weighted by Crippen LogP contribution is 2.34. The molecule has 0 bridgehead atoms. The second kappa shape index (κ2) is 7.19. The van der Waals surface area contributed by atoms with E-state index in [1.165, 1.54) is 6.07 Å². The van der Waals surface area contributed by atoms with Gasteiger partial charge in [-0.1, -0.05) is 18.2 Å². The molecular weight excluding hydrogens is 328 g/mol. The van der Waals surface area contributed by atoms with Crippen molar-refractivity contribution in [2.45, 2.75) is 25.0 Å². The van der Waals surface area contributed by atoms with Crippen molar-refractivity contribution in [2.24, 2.45) is 0 Å². The Morgan fingerprint density at radius 2 is 2.08 bits per heavy atom. The van der Waals surface area contributed by atoms with Crippen LogP contribution in [0.3, 0.4) is 0 Å². The molecule has 25 heavy (non-hydrogen) atoms. The predicted molar refractivity (Wildman–Crippen MR) is 88.1 cm³/mol. The van der Waals surface area contributed by atoms with E-state index >= 15 is 0 Å². The highest BCUT2D eigenvalue weighted by molar-refractivity contribution is 5.79. The Labute approximate surface area is 144 Å². The van der Waals surface area contributed by atoms with Gasteiger partial charge in [-0.15, -0.1) is 0 Å². The molecule has 0 saturated carbocycles. The van der Waals surface area contributed by atoms with Crippen molar-refractivity contribution >= 4 is 5.91 Å². The Balaban J connectivity index is 1.82. The largest absolute Gasteiger partial charge is 0.497 e.